The summed E-state index contributed by atoms with van der Waals surface area (Å²) < 4.78 is 1.38. The maximum atomic E-state index is 12.1. The van der Waals surface area contributed by atoms with Gasteiger partial charge in [-0.3, -0.25) is 4.79 Å². The van der Waals surface area contributed by atoms with Crippen molar-refractivity contribution >= 4 is 22.0 Å². The van der Waals surface area contributed by atoms with Crippen LogP contribution in [0.25, 0.3) is 4.96 Å². The first-order valence-electron chi connectivity index (χ1n) is 8.33. The van der Waals surface area contributed by atoms with Gasteiger partial charge in [0.15, 0.2) is 0 Å². The fraction of sp³-hybridized carbons (Fsp3) is 0.389. The summed E-state index contributed by atoms with van der Waals surface area (Å²) in [6.07, 6.45) is 1.94. The topological polar surface area (TPSA) is 59.3 Å². The monoisotopic (exact) mass is 342 g/mol. The second kappa shape index (κ2) is 7.13. The maximum Gasteiger partial charge on any atom is 0.275 e. The molecular formula is C18H22N4OS. The molecule has 0 amide bonds. The van der Waals surface area contributed by atoms with Crippen LogP contribution < -0.4 is 10.9 Å². The average Bonchev–Trinajstić information content (AvgIpc) is 3.03. The molecule has 5 nitrogen and oxygen atoms in total. The fourth-order valence-corrected chi connectivity index (χ4v) is 3.34. The van der Waals surface area contributed by atoms with Crippen molar-refractivity contribution in [2.75, 3.05) is 5.32 Å². The van der Waals surface area contributed by atoms with Gasteiger partial charge < -0.3 is 5.32 Å². The summed E-state index contributed by atoms with van der Waals surface area (Å²) in [6, 6.07) is 10.0. The molecule has 0 aliphatic rings. The standard InChI is InChI=1S/C18H22N4OS/c1-4-12(3)13-6-8-14(9-7-13)19-11-15-10-17(23)22-18(20-15)24-16(5-2)21-22/h6-10,12,19H,4-5,11H2,1-3H3/t12-/m1/s1. The molecule has 0 radical (unpaired) electrons. The molecule has 0 fully saturated rings. The molecule has 2 aromatic heterocycles. The molecule has 0 saturated heterocycles. The van der Waals surface area contributed by atoms with Crippen LogP contribution in [0.1, 0.15) is 49.4 Å². The number of hydrogen-bond donors (Lipinski definition) is 1. The number of aromatic nitrogens is 3. The van der Waals surface area contributed by atoms with Gasteiger partial charge in [0, 0.05) is 11.8 Å². The van der Waals surface area contributed by atoms with Crippen molar-refractivity contribution in [2.45, 2.75) is 46.1 Å². The Morgan fingerprint density at radius 1 is 1.25 bits per heavy atom. The number of benzene rings is 1. The van der Waals surface area contributed by atoms with Crippen molar-refractivity contribution in [1.29, 1.82) is 0 Å². The van der Waals surface area contributed by atoms with Crippen LogP contribution in [0.5, 0.6) is 0 Å². The Morgan fingerprint density at radius 3 is 2.67 bits per heavy atom. The van der Waals surface area contributed by atoms with Gasteiger partial charge in [0.25, 0.3) is 5.56 Å². The molecule has 1 atom stereocenters. The summed E-state index contributed by atoms with van der Waals surface area (Å²) in [5, 5.41) is 8.52. The van der Waals surface area contributed by atoms with E-state index in [-0.39, 0.29) is 5.56 Å². The molecule has 0 saturated carbocycles. The minimum Gasteiger partial charge on any atom is -0.379 e. The Kier molecular flexibility index (Phi) is 4.94. The fourth-order valence-electron chi connectivity index (χ4n) is 2.49. The van der Waals surface area contributed by atoms with Crippen molar-refractivity contribution in [3.8, 4) is 0 Å². The van der Waals surface area contributed by atoms with Crippen LogP contribution in [0.2, 0.25) is 0 Å². The first kappa shape index (κ1) is 16.6. The normalized spacial score (nSPS) is 12.5. The molecule has 0 spiro atoms. The van der Waals surface area contributed by atoms with Crippen molar-refractivity contribution in [1.82, 2.24) is 14.6 Å². The molecule has 1 aromatic carbocycles. The van der Waals surface area contributed by atoms with E-state index in [2.05, 4.69) is 53.5 Å². The molecule has 1 N–H and O–H groups in total. The molecule has 3 aromatic rings. The Hall–Kier alpha value is -2.21. The van der Waals surface area contributed by atoms with E-state index in [0.29, 0.717) is 17.4 Å². The molecular weight excluding hydrogens is 320 g/mol. The third kappa shape index (κ3) is 3.48. The maximum absolute atomic E-state index is 12.1. The van der Waals surface area contributed by atoms with Crippen LogP contribution in [0.4, 0.5) is 5.69 Å². The van der Waals surface area contributed by atoms with Gasteiger partial charge in [-0.25, -0.2) is 4.98 Å². The van der Waals surface area contributed by atoms with Crippen molar-refractivity contribution < 1.29 is 0 Å². The Labute approximate surface area is 145 Å². The number of hydrogen-bond acceptors (Lipinski definition) is 5. The summed E-state index contributed by atoms with van der Waals surface area (Å²) in [7, 11) is 0. The third-order valence-electron chi connectivity index (χ3n) is 4.21. The summed E-state index contributed by atoms with van der Waals surface area (Å²) in [4.78, 5) is 17.3. The highest BCUT2D eigenvalue weighted by atomic mass is 32.1. The number of nitrogens with zero attached hydrogens (tertiary/aromatic N) is 3. The third-order valence-corrected chi connectivity index (χ3v) is 5.26. The van der Waals surface area contributed by atoms with Gasteiger partial charge in [-0.1, -0.05) is 44.2 Å². The van der Waals surface area contributed by atoms with Gasteiger partial charge in [0.1, 0.15) is 5.01 Å². The number of rotatable bonds is 6. The van der Waals surface area contributed by atoms with Crippen LogP contribution in [0, 0.1) is 0 Å². The molecule has 0 aliphatic carbocycles. The predicted octanol–water partition coefficient (Wildman–Crippen LogP) is 3.84. The molecule has 126 valence electrons. The van der Waals surface area contributed by atoms with E-state index in [4.69, 9.17) is 0 Å². The number of anilines is 1. The summed E-state index contributed by atoms with van der Waals surface area (Å²) >= 11 is 1.47. The summed E-state index contributed by atoms with van der Waals surface area (Å²) in [5.41, 5.74) is 2.98. The van der Waals surface area contributed by atoms with Crippen molar-refractivity contribution in [2.24, 2.45) is 0 Å². The highest BCUT2D eigenvalue weighted by molar-refractivity contribution is 7.16. The van der Waals surface area contributed by atoms with Crippen LogP contribution in [-0.4, -0.2) is 14.6 Å². The zero-order valence-corrected chi connectivity index (χ0v) is 15.1. The zero-order chi connectivity index (χ0) is 17.1. The molecule has 0 aliphatic heterocycles. The highest BCUT2D eigenvalue weighted by Gasteiger charge is 2.08. The summed E-state index contributed by atoms with van der Waals surface area (Å²) in [6.45, 7) is 6.97. The number of aryl methyl sites for hydroxylation is 1. The van der Waals surface area contributed by atoms with Gasteiger partial charge in [-0.05, 0) is 36.5 Å². The van der Waals surface area contributed by atoms with E-state index < -0.39 is 0 Å². The van der Waals surface area contributed by atoms with E-state index in [1.165, 1.54) is 21.4 Å². The lowest BCUT2D eigenvalue weighted by Gasteiger charge is -2.11. The molecule has 6 heteroatoms. The first-order chi connectivity index (χ1) is 11.6. The minimum atomic E-state index is -0.125. The smallest absolute Gasteiger partial charge is 0.275 e. The van der Waals surface area contributed by atoms with Crippen LogP contribution in [0.3, 0.4) is 0 Å². The van der Waals surface area contributed by atoms with Crippen LogP contribution in [0.15, 0.2) is 35.1 Å². The van der Waals surface area contributed by atoms with Crippen LogP contribution >= 0.6 is 11.3 Å². The Balaban J connectivity index is 1.74. The lowest BCUT2D eigenvalue weighted by molar-refractivity contribution is 0.734. The van der Waals surface area contributed by atoms with Crippen molar-refractivity contribution in [3.63, 3.8) is 0 Å². The highest BCUT2D eigenvalue weighted by Crippen LogP contribution is 2.20. The Morgan fingerprint density at radius 2 is 2.00 bits per heavy atom. The minimum absolute atomic E-state index is 0.125. The van der Waals surface area contributed by atoms with Gasteiger partial charge >= 0.3 is 0 Å². The molecule has 24 heavy (non-hydrogen) atoms. The number of nitrogens with one attached hydrogen (secondary N) is 1. The van der Waals surface area contributed by atoms with Crippen molar-refractivity contribution in [3.05, 3.63) is 57.0 Å². The number of fused-ring (bicyclic) bond motifs is 1. The summed E-state index contributed by atoms with van der Waals surface area (Å²) in [5.74, 6) is 0.572. The van der Waals surface area contributed by atoms with Gasteiger partial charge in [0.05, 0.1) is 12.2 Å². The molecule has 0 bridgehead atoms. The SMILES string of the molecule is CCc1nn2c(=O)cc(CNc3ccc([C@H](C)CC)cc3)nc2s1. The van der Waals surface area contributed by atoms with E-state index >= 15 is 0 Å². The van der Waals surface area contributed by atoms with Gasteiger partial charge in [-0.2, -0.15) is 9.61 Å². The van der Waals surface area contributed by atoms with Gasteiger partial charge in [0.2, 0.25) is 4.96 Å². The lowest BCUT2D eigenvalue weighted by Crippen LogP contribution is -2.16. The van der Waals surface area contributed by atoms with E-state index in [1.807, 2.05) is 6.92 Å². The second-order valence-electron chi connectivity index (χ2n) is 5.91. The average molecular weight is 342 g/mol. The zero-order valence-electron chi connectivity index (χ0n) is 14.2. The second-order valence-corrected chi connectivity index (χ2v) is 6.95. The van der Waals surface area contributed by atoms with E-state index in [1.54, 1.807) is 6.07 Å². The quantitative estimate of drug-likeness (QED) is 0.739. The molecule has 2 heterocycles. The largest absolute Gasteiger partial charge is 0.379 e. The predicted molar refractivity (Wildman–Crippen MR) is 99.0 cm³/mol. The lowest BCUT2D eigenvalue weighted by atomic mass is 9.99. The van der Waals surface area contributed by atoms with E-state index in [0.717, 1.165) is 29.2 Å². The molecule has 0 unspecified atom stereocenters. The van der Waals surface area contributed by atoms with Crippen LogP contribution in [-0.2, 0) is 13.0 Å². The van der Waals surface area contributed by atoms with E-state index in [9.17, 15) is 4.79 Å². The molecule has 3 rings (SSSR count). The Bertz CT molecular complexity index is 882. The van der Waals surface area contributed by atoms with Gasteiger partial charge in [-0.15, -0.1) is 0 Å². The first-order valence-corrected chi connectivity index (χ1v) is 9.14.